The third kappa shape index (κ3) is 2.00. The van der Waals surface area contributed by atoms with Crippen molar-refractivity contribution in [2.24, 2.45) is 0 Å². The lowest BCUT2D eigenvalue weighted by molar-refractivity contribution is -0.135. The summed E-state index contributed by atoms with van der Waals surface area (Å²) in [5, 5.41) is 0. The standard InChI is InChI=1S/C10H11F2NO/c1-7-2-3-9(13-6-7)14-8-4-10(11,12)5-8/h2-3,6,8H,4-5H2,1H3. The molecular formula is C10H11F2NO. The number of hydrogen-bond donors (Lipinski definition) is 0. The van der Waals surface area contributed by atoms with Gasteiger partial charge in [0.2, 0.25) is 5.88 Å². The summed E-state index contributed by atoms with van der Waals surface area (Å²) in [5.41, 5.74) is 1.02. The van der Waals surface area contributed by atoms with Gasteiger partial charge in [0.05, 0.1) is 0 Å². The van der Waals surface area contributed by atoms with Crippen LogP contribution in [-0.4, -0.2) is 17.0 Å². The van der Waals surface area contributed by atoms with Crippen LogP contribution >= 0.6 is 0 Å². The summed E-state index contributed by atoms with van der Waals surface area (Å²) in [6.07, 6.45) is 0.900. The highest BCUT2D eigenvalue weighted by molar-refractivity contribution is 5.17. The van der Waals surface area contributed by atoms with Gasteiger partial charge in [-0.25, -0.2) is 13.8 Å². The van der Waals surface area contributed by atoms with Crippen molar-refractivity contribution >= 4 is 0 Å². The molecule has 0 N–H and O–H groups in total. The molecule has 2 nitrogen and oxygen atoms in total. The Morgan fingerprint density at radius 1 is 1.43 bits per heavy atom. The number of rotatable bonds is 2. The monoisotopic (exact) mass is 199 g/mol. The first-order chi connectivity index (χ1) is 6.55. The maximum absolute atomic E-state index is 12.5. The van der Waals surface area contributed by atoms with Crippen LogP contribution in [0.2, 0.25) is 0 Å². The molecule has 1 aliphatic rings. The van der Waals surface area contributed by atoms with Gasteiger partial charge in [0, 0.05) is 25.1 Å². The Kier molecular flexibility index (Phi) is 2.13. The van der Waals surface area contributed by atoms with Gasteiger partial charge in [-0.15, -0.1) is 0 Å². The summed E-state index contributed by atoms with van der Waals surface area (Å²) in [6, 6.07) is 3.55. The predicted molar refractivity (Wildman–Crippen MR) is 47.6 cm³/mol. The first-order valence-electron chi connectivity index (χ1n) is 4.52. The lowest BCUT2D eigenvalue weighted by Gasteiger charge is -2.34. The van der Waals surface area contributed by atoms with Crippen LogP contribution in [0.1, 0.15) is 18.4 Å². The van der Waals surface area contributed by atoms with Gasteiger partial charge in [0.25, 0.3) is 5.92 Å². The van der Waals surface area contributed by atoms with Crippen molar-refractivity contribution in [2.75, 3.05) is 0 Å². The second kappa shape index (κ2) is 3.19. The quantitative estimate of drug-likeness (QED) is 0.730. The fraction of sp³-hybridized carbons (Fsp3) is 0.500. The molecule has 0 radical (unpaired) electrons. The number of hydrogen-bond acceptors (Lipinski definition) is 2. The van der Waals surface area contributed by atoms with E-state index in [0.29, 0.717) is 5.88 Å². The van der Waals surface area contributed by atoms with Crippen molar-refractivity contribution in [1.82, 2.24) is 4.98 Å². The molecule has 0 aromatic carbocycles. The molecule has 4 heteroatoms. The number of halogens is 2. The van der Waals surface area contributed by atoms with Crippen molar-refractivity contribution in [2.45, 2.75) is 31.8 Å². The molecule has 0 amide bonds. The third-order valence-corrected chi connectivity index (χ3v) is 2.22. The molecule has 1 saturated carbocycles. The summed E-state index contributed by atoms with van der Waals surface area (Å²) >= 11 is 0. The third-order valence-electron chi connectivity index (χ3n) is 2.22. The van der Waals surface area contributed by atoms with Gasteiger partial charge in [-0.3, -0.25) is 0 Å². The fourth-order valence-electron chi connectivity index (χ4n) is 1.38. The highest BCUT2D eigenvalue weighted by Gasteiger charge is 2.47. The van der Waals surface area contributed by atoms with E-state index >= 15 is 0 Å². The van der Waals surface area contributed by atoms with E-state index in [0.717, 1.165) is 5.56 Å². The molecule has 1 aromatic rings. The van der Waals surface area contributed by atoms with E-state index in [1.54, 1.807) is 12.3 Å². The molecule has 1 fully saturated rings. The van der Waals surface area contributed by atoms with Crippen LogP contribution in [0, 0.1) is 6.92 Å². The molecule has 0 saturated heterocycles. The SMILES string of the molecule is Cc1ccc(OC2CC(F)(F)C2)nc1. The van der Waals surface area contributed by atoms with Gasteiger partial charge in [0.1, 0.15) is 6.10 Å². The number of nitrogens with zero attached hydrogens (tertiary/aromatic N) is 1. The average molecular weight is 199 g/mol. The summed E-state index contributed by atoms with van der Waals surface area (Å²) in [4.78, 5) is 3.98. The van der Waals surface area contributed by atoms with E-state index in [4.69, 9.17) is 4.74 Å². The van der Waals surface area contributed by atoms with Gasteiger partial charge < -0.3 is 4.74 Å². The second-order valence-corrected chi connectivity index (χ2v) is 3.68. The van der Waals surface area contributed by atoms with Gasteiger partial charge in [0.15, 0.2) is 0 Å². The maximum atomic E-state index is 12.5. The predicted octanol–water partition coefficient (Wildman–Crippen LogP) is 2.57. The van der Waals surface area contributed by atoms with Crippen molar-refractivity contribution in [3.63, 3.8) is 0 Å². The molecule has 0 aliphatic heterocycles. The van der Waals surface area contributed by atoms with Crippen LogP contribution in [0.25, 0.3) is 0 Å². The van der Waals surface area contributed by atoms with Crippen LogP contribution in [0.15, 0.2) is 18.3 Å². The molecule has 0 spiro atoms. The van der Waals surface area contributed by atoms with E-state index in [2.05, 4.69) is 4.98 Å². The van der Waals surface area contributed by atoms with E-state index in [1.165, 1.54) is 0 Å². The Morgan fingerprint density at radius 2 is 2.14 bits per heavy atom. The van der Waals surface area contributed by atoms with Crippen molar-refractivity contribution in [3.8, 4) is 5.88 Å². The fourth-order valence-corrected chi connectivity index (χ4v) is 1.38. The van der Waals surface area contributed by atoms with Crippen LogP contribution in [0.4, 0.5) is 8.78 Å². The summed E-state index contributed by atoms with van der Waals surface area (Å²) < 4.78 is 30.2. The van der Waals surface area contributed by atoms with Crippen LogP contribution in [0.5, 0.6) is 5.88 Å². The van der Waals surface area contributed by atoms with E-state index in [-0.39, 0.29) is 18.9 Å². The molecule has 0 atom stereocenters. The van der Waals surface area contributed by atoms with Crippen molar-refractivity contribution in [3.05, 3.63) is 23.9 Å². The maximum Gasteiger partial charge on any atom is 0.255 e. The van der Waals surface area contributed by atoms with Gasteiger partial charge >= 0.3 is 0 Å². The zero-order chi connectivity index (χ0) is 10.2. The topological polar surface area (TPSA) is 22.1 Å². The van der Waals surface area contributed by atoms with Gasteiger partial charge in [-0.2, -0.15) is 0 Å². The van der Waals surface area contributed by atoms with Gasteiger partial charge in [-0.1, -0.05) is 6.07 Å². The molecule has 0 unspecified atom stereocenters. The Morgan fingerprint density at radius 3 is 2.64 bits per heavy atom. The number of alkyl halides is 2. The summed E-state index contributed by atoms with van der Waals surface area (Å²) in [6.45, 7) is 1.91. The van der Waals surface area contributed by atoms with E-state index in [9.17, 15) is 8.78 Å². The van der Waals surface area contributed by atoms with Crippen LogP contribution < -0.4 is 4.74 Å². The van der Waals surface area contributed by atoms with Gasteiger partial charge in [-0.05, 0) is 12.5 Å². The largest absolute Gasteiger partial charge is 0.474 e. The first kappa shape index (κ1) is 9.37. The molecule has 1 heterocycles. The normalized spacial score (nSPS) is 20.2. The molecule has 0 bridgehead atoms. The van der Waals surface area contributed by atoms with Crippen LogP contribution in [0.3, 0.4) is 0 Å². The summed E-state index contributed by atoms with van der Waals surface area (Å²) in [7, 11) is 0. The molecule has 14 heavy (non-hydrogen) atoms. The van der Waals surface area contributed by atoms with Crippen molar-refractivity contribution in [1.29, 1.82) is 0 Å². The Bertz CT molecular complexity index is 315. The first-order valence-corrected chi connectivity index (χ1v) is 4.52. The number of pyridine rings is 1. The average Bonchev–Trinajstić information content (AvgIpc) is 2.06. The lowest BCUT2D eigenvalue weighted by Crippen LogP contribution is -2.43. The minimum Gasteiger partial charge on any atom is -0.474 e. The lowest BCUT2D eigenvalue weighted by atomic mass is 9.91. The number of aromatic nitrogens is 1. The number of aryl methyl sites for hydroxylation is 1. The smallest absolute Gasteiger partial charge is 0.255 e. The Hall–Kier alpha value is -1.19. The highest BCUT2D eigenvalue weighted by Crippen LogP contribution is 2.39. The second-order valence-electron chi connectivity index (χ2n) is 3.68. The molecule has 2 rings (SSSR count). The molecular weight excluding hydrogens is 188 g/mol. The number of ether oxygens (including phenoxy) is 1. The zero-order valence-corrected chi connectivity index (χ0v) is 7.84. The highest BCUT2D eigenvalue weighted by atomic mass is 19.3. The van der Waals surface area contributed by atoms with E-state index in [1.807, 2.05) is 13.0 Å². The minimum atomic E-state index is -2.53. The zero-order valence-electron chi connectivity index (χ0n) is 7.84. The molecule has 76 valence electrons. The van der Waals surface area contributed by atoms with Crippen LogP contribution in [-0.2, 0) is 0 Å². The molecule has 1 aromatic heterocycles. The van der Waals surface area contributed by atoms with E-state index < -0.39 is 5.92 Å². The minimum absolute atomic E-state index is 0.192. The molecule has 1 aliphatic carbocycles. The Balaban J connectivity index is 1.90. The Labute approximate surface area is 80.9 Å². The van der Waals surface area contributed by atoms with Crippen molar-refractivity contribution < 1.29 is 13.5 Å². The summed E-state index contributed by atoms with van der Waals surface area (Å²) in [5.74, 6) is -2.11.